The SMILES string of the molecule is C=CCc1cc(/C=C2/SC(=O)N(CC(=O)N3CCCC3)C2=O)cc(OCC)c1OCc1cccc([N+](=O)[O-])c1. The summed E-state index contributed by atoms with van der Waals surface area (Å²) >= 11 is 0.795. The van der Waals surface area contributed by atoms with E-state index in [1.54, 1.807) is 35.3 Å². The fourth-order valence-corrected chi connectivity index (χ4v) is 5.24. The molecule has 2 aromatic rings. The van der Waals surface area contributed by atoms with Gasteiger partial charge in [-0.15, -0.1) is 6.58 Å². The van der Waals surface area contributed by atoms with Crippen LogP contribution in [-0.2, 0) is 22.6 Å². The van der Waals surface area contributed by atoms with E-state index in [-0.39, 0.29) is 29.7 Å². The molecular formula is C28H29N3O7S. The van der Waals surface area contributed by atoms with E-state index in [1.165, 1.54) is 12.1 Å². The summed E-state index contributed by atoms with van der Waals surface area (Å²) in [7, 11) is 0. The van der Waals surface area contributed by atoms with Crippen molar-refractivity contribution in [1.29, 1.82) is 0 Å². The molecule has 4 rings (SSSR count). The molecule has 2 saturated heterocycles. The molecule has 0 spiro atoms. The van der Waals surface area contributed by atoms with Gasteiger partial charge in [-0.25, -0.2) is 0 Å². The van der Waals surface area contributed by atoms with Crippen LogP contribution in [0.25, 0.3) is 6.08 Å². The Morgan fingerprint density at radius 3 is 2.64 bits per heavy atom. The lowest BCUT2D eigenvalue weighted by atomic mass is 10.0. The van der Waals surface area contributed by atoms with Crippen molar-refractivity contribution < 1.29 is 28.8 Å². The lowest BCUT2D eigenvalue weighted by molar-refractivity contribution is -0.384. The van der Waals surface area contributed by atoms with Gasteiger partial charge in [0.2, 0.25) is 5.91 Å². The number of rotatable bonds is 11. The fraction of sp³-hybridized carbons (Fsp3) is 0.321. The number of nitro groups is 1. The van der Waals surface area contributed by atoms with E-state index >= 15 is 0 Å². The zero-order valence-electron chi connectivity index (χ0n) is 21.6. The molecular weight excluding hydrogens is 522 g/mol. The van der Waals surface area contributed by atoms with E-state index in [0.717, 1.165) is 35.1 Å². The molecule has 2 aliphatic rings. The van der Waals surface area contributed by atoms with E-state index in [4.69, 9.17) is 9.47 Å². The molecule has 2 aromatic carbocycles. The first-order valence-electron chi connectivity index (χ1n) is 12.6. The van der Waals surface area contributed by atoms with Gasteiger partial charge >= 0.3 is 0 Å². The normalized spacial score (nSPS) is 16.2. The summed E-state index contributed by atoms with van der Waals surface area (Å²) in [5.41, 5.74) is 1.95. The summed E-state index contributed by atoms with van der Waals surface area (Å²) in [5.74, 6) is 0.154. The molecule has 3 amide bonds. The predicted molar refractivity (Wildman–Crippen MR) is 147 cm³/mol. The van der Waals surface area contributed by atoms with E-state index in [9.17, 15) is 24.5 Å². The number of allylic oxidation sites excluding steroid dienone is 1. The summed E-state index contributed by atoms with van der Waals surface area (Å²) in [6, 6.07) is 9.72. The Balaban J connectivity index is 1.58. The number of amides is 3. The zero-order valence-corrected chi connectivity index (χ0v) is 22.4. The van der Waals surface area contributed by atoms with Gasteiger partial charge in [0.05, 0.1) is 16.4 Å². The van der Waals surface area contributed by atoms with Crippen LogP contribution in [0.3, 0.4) is 0 Å². The van der Waals surface area contributed by atoms with Crippen LogP contribution >= 0.6 is 11.8 Å². The maximum Gasteiger partial charge on any atom is 0.294 e. The highest BCUT2D eigenvalue weighted by atomic mass is 32.2. The van der Waals surface area contributed by atoms with Gasteiger partial charge in [-0.05, 0) is 67.3 Å². The number of likely N-dealkylation sites (tertiary alicyclic amines) is 1. The minimum atomic E-state index is -0.508. The average Bonchev–Trinajstić information content (AvgIpc) is 3.54. The van der Waals surface area contributed by atoms with Crippen LogP contribution in [0.2, 0.25) is 0 Å². The van der Waals surface area contributed by atoms with Crippen molar-refractivity contribution in [2.24, 2.45) is 0 Å². The molecule has 0 aromatic heterocycles. The largest absolute Gasteiger partial charge is 0.490 e. The molecule has 2 fully saturated rings. The Hall–Kier alpha value is -4.12. The van der Waals surface area contributed by atoms with Gasteiger partial charge in [-0.2, -0.15) is 0 Å². The van der Waals surface area contributed by atoms with Crippen LogP contribution in [0.5, 0.6) is 11.5 Å². The second-order valence-electron chi connectivity index (χ2n) is 9.00. The summed E-state index contributed by atoms with van der Waals surface area (Å²) in [5, 5.41) is 10.6. The molecule has 0 atom stereocenters. The van der Waals surface area contributed by atoms with E-state index < -0.39 is 16.1 Å². The summed E-state index contributed by atoms with van der Waals surface area (Å²) in [6.07, 6.45) is 5.58. The Bertz CT molecular complexity index is 1330. The van der Waals surface area contributed by atoms with Crippen molar-refractivity contribution in [3.8, 4) is 11.5 Å². The Morgan fingerprint density at radius 2 is 1.95 bits per heavy atom. The van der Waals surface area contributed by atoms with Crippen molar-refractivity contribution in [2.45, 2.75) is 32.8 Å². The number of nitro benzene ring substituents is 1. The minimum absolute atomic E-state index is 0.0288. The fourth-order valence-electron chi connectivity index (χ4n) is 4.41. The maximum absolute atomic E-state index is 13.0. The number of ether oxygens (including phenoxy) is 2. The summed E-state index contributed by atoms with van der Waals surface area (Å²) in [4.78, 5) is 51.7. The molecule has 11 heteroatoms. The van der Waals surface area contributed by atoms with Gasteiger partial charge in [0, 0.05) is 30.8 Å². The summed E-state index contributed by atoms with van der Waals surface area (Å²) < 4.78 is 11.9. The number of imide groups is 1. The van der Waals surface area contributed by atoms with Crippen molar-refractivity contribution in [1.82, 2.24) is 9.80 Å². The van der Waals surface area contributed by atoms with Crippen molar-refractivity contribution in [3.63, 3.8) is 0 Å². The van der Waals surface area contributed by atoms with Crippen molar-refractivity contribution >= 4 is 40.6 Å². The van der Waals surface area contributed by atoms with Crippen LogP contribution < -0.4 is 9.47 Å². The molecule has 0 saturated carbocycles. The van der Waals surface area contributed by atoms with Gasteiger partial charge in [0.1, 0.15) is 13.2 Å². The summed E-state index contributed by atoms with van der Waals surface area (Å²) in [6.45, 7) is 7.09. The number of hydrogen-bond donors (Lipinski definition) is 0. The second-order valence-corrected chi connectivity index (χ2v) is 10.00. The molecule has 0 radical (unpaired) electrons. The highest BCUT2D eigenvalue weighted by molar-refractivity contribution is 8.18. The number of carbonyl (C=O) groups excluding carboxylic acids is 3. The van der Waals surface area contributed by atoms with Crippen LogP contribution in [0.1, 0.15) is 36.5 Å². The molecule has 0 bridgehead atoms. The third-order valence-electron chi connectivity index (χ3n) is 6.25. The highest BCUT2D eigenvalue weighted by Crippen LogP contribution is 2.38. The molecule has 39 heavy (non-hydrogen) atoms. The number of nitrogens with zero attached hydrogens (tertiary/aromatic N) is 3. The number of hydrogen-bond acceptors (Lipinski definition) is 8. The third kappa shape index (κ3) is 6.66. The molecule has 2 aliphatic heterocycles. The first-order valence-corrected chi connectivity index (χ1v) is 13.4. The topological polar surface area (TPSA) is 119 Å². The van der Waals surface area contributed by atoms with E-state index in [2.05, 4.69) is 6.58 Å². The van der Waals surface area contributed by atoms with Crippen LogP contribution in [0.4, 0.5) is 10.5 Å². The van der Waals surface area contributed by atoms with Gasteiger partial charge < -0.3 is 14.4 Å². The van der Waals surface area contributed by atoms with Crippen molar-refractivity contribution in [3.05, 3.63) is 80.8 Å². The quantitative estimate of drug-likeness (QED) is 0.166. The number of non-ortho nitro benzene ring substituents is 1. The number of benzene rings is 2. The molecule has 2 heterocycles. The molecule has 0 N–H and O–H groups in total. The first-order chi connectivity index (χ1) is 18.8. The molecule has 0 unspecified atom stereocenters. The standard InChI is InChI=1S/C28H29N3O7S/c1-3-8-21-13-20(16-24-27(33)30(28(34)39-24)17-25(32)29-11-5-6-12-29)15-23(37-4-2)26(21)38-18-19-9-7-10-22(14-19)31(35)36/h3,7,9-10,13-16H,1,4-6,8,11-12,17-18H2,2H3/b24-16+. The monoisotopic (exact) mass is 551 g/mol. The maximum atomic E-state index is 13.0. The van der Waals surface area contributed by atoms with E-state index in [1.807, 2.05) is 13.0 Å². The van der Waals surface area contributed by atoms with E-state index in [0.29, 0.717) is 48.7 Å². The van der Waals surface area contributed by atoms with Gasteiger partial charge in [0.15, 0.2) is 11.5 Å². The lowest BCUT2D eigenvalue weighted by Crippen LogP contribution is -2.40. The number of carbonyl (C=O) groups is 3. The number of thioether (sulfide) groups is 1. The van der Waals surface area contributed by atoms with Crippen molar-refractivity contribution in [2.75, 3.05) is 26.2 Å². The zero-order chi connectivity index (χ0) is 27.9. The molecule has 0 aliphatic carbocycles. The average molecular weight is 552 g/mol. The third-order valence-corrected chi connectivity index (χ3v) is 7.15. The highest BCUT2D eigenvalue weighted by Gasteiger charge is 2.37. The first kappa shape index (κ1) is 27.9. The second kappa shape index (κ2) is 12.6. The van der Waals surface area contributed by atoms with Crippen LogP contribution in [0, 0.1) is 10.1 Å². The van der Waals surface area contributed by atoms with Crippen LogP contribution in [-0.4, -0.2) is 58.0 Å². The smallest absolute Gasteiger partial charge is 0.294 e. The minimum Gasteiger partial charge on any atom is -0.490 e. The Labute approximate surface area is 230 Å². The molecule has 204 valence electrons. The Kier molecular flexibility index (Phi) is 9.03. The van der Waals surface area contributed by atoms with Gasteiger partial charge in [0.25, 0.3) is 16.8 Å². The van der Waals surface area contributed by atoms with Gasteiger partial charge in [-0.3, -0.25) is 29.4 Å². The lowest BCUT2D eigenvalue weighted by Gasteiger charge is -2.18. The van der Waals surface area contributed by atoms with Gasteiger partial charge in [-0.1, -0.05) is 18.2 Å². The predicted octanol–water partition coefficient (Wildman–Crippen LogP) is 4.96. The van der Waals surface area contributed by atoms with Crippen LogP contribution in [0.15, 0.2) is 54.0 Å². The molecule has 10 nitrogen and oxygen atoms in total. The Morgan fingerprint density at radius 1 is 1.18 bits per heavy atom.